The Morgan fingerprint density at radius 1 is 0.967 bits per heavy atom. The number of amides is 1. The summed E-state index contributed by atoms with van der Waals surface area (Å²) in [7, 11) is 1.67. The first-order valence-electron chi connectivity index (χ1n) is 10.4. The topological polar surface area (TPSA) is 45.7 Å². The van der Waals surface area contributed by atoms with Crippen LogP contribution < -0.4 is 4.74 Å². The van der Waals surface area contributed by atoms with E-state index in [2.05, 4.69) is 16.0 Å². The van der Waals surface area contributed by atoms with Gasteiger partial charge < -0.3 is 9.64 Å². The van der Waals surface area contributed by atoms with E-state index in [0.717, 1.165) is 61.6 Å². The molecular weight excluding hydrogens is 374 g/mol. The molecule has 30 heavy (non-hydrogen) atoms. The van der Waals surface area contributed by atoms with Crippen LogP contribution >= 0.6 is 0 Å². The SMILES string of the molecule is COc1cccc(-c2ccc(C(=O)N3CCCN(Cc4cccnc4)CC3)cc2)c1. The molecule has 0 unspecified atom stereocenters. The van der Waals surface area contributed by atoms with E-state index < -0.39 is 0 Å². The number of nitrogens with zero attached hydrogens (tertiary/aromatic N) is 3. The molecule has 1 aliphatic heterocycles. The second-order valence-electron chi connectivity index (χ2n) is 7.59. The summed E-state index contributed by atoms with van der Waals surface area (Å²) in [5, 5.41) is 0. The number of rotatable bonds is 5. The number of aromatic nitrogens is 1. The Morgan fingerprint density at radius 2 is 1.83 bits per heavy atom. The first kappa shape index (κ1) is 20.1. The molecule has 4 rings (SSSR count). The Morgan fingerprint density at radius 3 is 2.60 bits per heavy atom. The highest BCUT2D eigenvalue weighted by molar-refractivity contribution is 5.94. The van der Waals surface area contributed by atoms with Crippen molar-refractivity contribution in [3.8, 4) is 16.9 Å². The summed E-state index contributed by atoms with van der Waals surface area (Å²) in [6.45, 7) is 4.29. The van der Waals surface area contributed by atoms with Gasteiger partial charge in [0.25, 0.3) is 5.91 Å². The molecule has 0 N–H and O–H groups in total. The van der Waals surface area contributed by atoms with E-state index in [9.17, 15) is 4.79 Å². The highest BCUT2D eigenvalue weighted by Crippen LogP contribution is 2.24. The summed E-state index contributed by atoms with van der Waals surface area (Å²) in [6.07, 6.45) is 4.69. The van der Waals surface area contributed by atoms with E-state index in [-0.39, 0.29) is 5.91 Å². The van der Waals surface area contributed by atoms with Gasteiger partial charge in [-0.1, -0.05) is 30.3 Å². The smallest absolute Gasteiger partial charge is 0.253 e. The first-order valence-corrected chi connectivity index (χ1v) is 10.4. The maximum Gasteiger partial charge on any atom is 0.253 e. The van der Waals surface area contributed by atoms with Gasteiger partial charge in [-0.3, -0.25) is 14.7 Å². The predicted octanol–water partition coefficient (Wildman–Crippen LogP) is 4.11. The highest BCUT2D eigenvalue weighted by Gasteiger charge is 2.20. The molecule has 2 heterocycles. The largest absolute Gasteiger partial charge is 0.497 e. The summed E-state index contributed by atoms with van der Waals surface area (Å²) in [5.41, 5.74) is 4.10. The molecule has 0 radical (unpaired) electrons. The Kier molecular flexibility index (Phi) is 6.40. The third-order valence-electron chi connectivity index (χ3n) is 5.54. The molecule has 0 spiro atoms. The van der Waals surface area contributed by atoms with Crippen molar-refractivity contribution in [3.63, 3.8) is 0 Å². The average Bonchev–Trinajstić information content (AvgIpc) is 3.05. The number of methoxy groups -OCH3 is 1. The molecule has 0 atom stereocenters. The third-order valence-corrected chi connectivity index (χ3v) is 5.54. The van der Waals surface area contributed by atoms with Gasteiger partial charge in [0, 0.05) is 50.7 Å². The van der Waals surface area contributed by atoms with Crippen LogP contribution in [0.2, 0.25) is 0 Å². The predicted molar refractivity (Wildman–Crippen MR) is 118 cm³/mol. The molecule has 1 amide bonds. The molecule has 2 aromatic carbocycles. The van der Waals surface area contributed by atoms with E-state index in [0.29, 0.717) is 0 Å². The van der Waals surface area contributed by atoms with Crippen molar-refractivity contribution in [1.82, 2.24) is 14.8 Å². The summed E-state index contributed by atoms with van der Waals surface area (Å²) < 4.78 is 5.31. The van der Waals surface area contributed by atoms with Crippen molar-refractivity contribution in [3.05, 3.63) is 84.2 Å². The molecule has 0 bridgehead atoms. The minimum atomic E-state index is 0.107. The Hall–Kier alpha value is -3.18. The van der Waals surface area contributed by atoms with Crippen LogP contribution in [0, 0.1) is 0 Å². The molecule has 1 aliphatic rings. The molecule has 0 saturated carbocycles. The van der Waals surface area contributed by atoms with Crippen LogP contribution in [-0.4, -0.2) is 54.0 Å². The van der Waals surface area contributed by atoms with Gasteiger partial charge in [0.1, 0.15) is 5.75 Å². The molecule has 1 saturated heterocycles. The number of hydrogen-bond donors (Lipinski definition) is 0. The number of pyridine rings is 1. The lowest BCUT2D eigenvalue weighted by Gasteiger charge is -2.22. The van der Waals surface area contributed by atoms with Crippen LogP contribution in [0.25, 0.3) is 11.1 Å². The van der Waals surface area contributed by atoms with Crippen LogP contribution in [0.3, 0.4) is 0 Å². The Bertz CT molecular complexity index is 973. The Labute approximate surface area is 177 Å². The molecule has 1 aromatic heterocycles. The van der Waals surface area contributed by atoms with Gasteiger partial charge in [-0.15, -0.1) is 0 Å². The summed E-state index contributed by atoms with van der Waals surface area (Å²) in [4.78, 5) is 21.6. The summed E-state index contributed by atoms with van der Waals surface area (Å²) in [5.74, 6) is 0.934. The van der Waals surface area contributed by atoms with Crippen LogP contribution in [0.4, 0.5) is 0 Å². The lowest BCUT2D eigenvalue weighted by molar-refractivity contribution is 0.0761. The average molecular weight is 402 g/mol. The second kappa shape index (κ2) is 9.55. The fourth-order valence-electron chi connectivity index (χ4n) is 3.87. The standard InChI is InChI=1S/C25H27N3O2/c1-30-24-7-2-6-23(17-24)21-8-10-22(11-9-21)25(29)28-14-4-13-27(15-16-28)19-20-5-3-12-26-18-20/h2-3,5-12,17-18H,4,13-16,19H2,1H3. The van der Waals surface area contributed by atoms with Gasteiger partial charge in [-0.2, -0.15) is 0 Å². The van der Waals surface area contributed by atoms with Gasteiger partial charge in [0.15, 0.2) is 0 Å². The van der Waals surface area contributed by atoms with Crippen molar-refractivity contribution < 1.29 is 9.53 Å². The van der Waals surface area contributed by atoms with E-state index >= 15 is 0 Å². The molecule has 1 fully saturated rings. The van der Waals surface area contributed by atoms with E-state index in [4.69, 9.17) is 4.74 Å². The number of benzene rings is 2. The minimum absolute atomic E-state index is 0.107. The first-order chi connectivity index (χ1) is 14.7. The van der Waals surface area contributed by atoms with Crippen molar-refractivity contribution in [2.24, 2.45) is 0 Å². The molecule has 0 aliphatic carbocycles. The van der Waals surface area contributed by atoms with Gasteiger partial charge in [0.05, 0.1) is 7.11 Å². The van der Waals surface area contributed by atoms with E-state index in [1.807, 2.05) is 65.7 Å². The minimum Gasteiger partial charge on any atom is -0.497 e. The fourth-order valence-corrected chi connectivity index (χ4v) is 3.87. The number of ether oxygens (including phenoxy) is 1. The lowest BCUT2D eigenvalue weighted by Crippen LogP contribution is -2.35. The Balaban J connectivity index is 1.39. The van der Waals surface area contributed by atoms with Crippen molar-refractivity contribution in [1.29, 1.82) is 0 Å². The van der Waals surface area contributed by atoms with E-state index in [1.54, 1.807) is 13.3 Å². The third kappa shape index (κ3) is 4.86. The van der Waals surface area contributed by atoms with Gasteiger partial charge in [-0.25, -0.2) is 0 Å². The second-order valence-corrected chi connectivity index (χ2v) is 7.59. The van der Waals surface area contributed by atoms with Crippen molar-refractivity contribution in [2.75, 3.05) is 33.3 Å². The highest BCUT2D eigenvalue weighted by atomic mass is 16.5. The number of carbonyl (C=O) groups excluding carboxylic acids is 1. The van der Waals surface area contributed by atoms with Crippen molar-refractivity contribution in [2.45, 2.75) is 13.0 Å². The molecule has 5 nitrogen and oxygen atoms in total. The number of carbonyl (C=O) groups is 1. The zero-order chi connectivity index (χ0) is 20.8. The fraction of sp³-hybridized carbons (Fsp3) is 0.280. The molecular formula is C25H27N3O2. The maximum absolute atomic E-state index is 13.0. The van der Waals surface area contributed by atoms with E-state index in [1.165, 1.54) is 5.56 Å². The van der Waals surface area contributed by atoms with Gasteiger partial charge >= 0.3 is 0 Å². The lowest BCUT2D eigenvalue weighted by atomic mass is 10.0. The zero-order valence-electron chi connectivity index (χ0n) is 17.3. The van der Waals surface area contributed by atoms with Crippen LogP contribution in [0.5, 0.6) is 5.75 Å². The molecule has 154 valence electrons. The van der Waals surface area contributed by atoms with Gasteiger partial charge in [-0.05, 0) is 53.4 Å². The molecule has 3 aromatic rings. The van der Waals surface area contributed by atoms with Gasteiger partial charge in [0.2, 0.25) is 0 Å². The number of hydrogen-bond acceptors (Lipinski definition) is 4. The van der Waals surface area contributed by atoms with Crippen LogP contribution in [-0.2, 0) is 6.54 Å². The van der Waals surface area contributed by atoms with Crippen LogP contribution in [0.1, 0.15) is 22.3 Å². The van der Waals surface area contributed by atoms with Crippen molar-refractivity contribution >= 4 is 5.91 Å². The molecule has 5 heteroatoms. The van der Waals surface area contributed by atoms with Crippen LogP contribution in [0.15, 0.2) is 73.1 Å². The summed E-state index contributed by atoms with van der Waals surface area (Å²) in [6, 6.07) is 19.9. The quantitative estimate of drug-likeness (QED) is 0.646. The normalized spacial score (nSPS) is 14.9. The summed E-state index contributed by atoms with van der Waals surface area (Å²) >= 11 is 0. The maximum atomic E-state index is 13.0. The zero-order valence-corrected chi connectivity index (χ0v) is 17.3. The monoisotopic (exact) mass is 401 g/mol.